The van der Waals surface area contributed by atoms with E-state index in [1.54, 1.807) is 4.90 Å². The van der Waals surface area contributed by atoms with Gasteiger partial charge in [0.05, 0.1) is 19.8 Å². The van der Waals surface area contributed by atoms with Crippen LogP contribution in [0.15, 0.2) is 42.5 Å². The lowest BCUT2D eigenvalue weighted by Crippen LogP contribution is -2.35. The number of carbonyl (C=O) groups is 1. The van der Waals surface area contributed by atoms with E-state index in [-0.39, 0.29) is 12.2 Å². The van der Waals surface area contributed by atoms with Crippen LogP contribution in [0.5, 0.6) is 5.75 Å². The summed E-state index contributed by atoms with van der Waals surface area (Å²) in [6.07, 6.45) is 4.31. The number of nitrogens with two attached hydrogens (primary N) is 1. The minimum Gasteiger partial charge on any atom is -0.463 e. The average Bonchev–Trinajstić information content (AvgIpc) is 3.26. The highest BCUT2D eigenvalue weighted by molar-refractivity contribution is 5.70. The Morgan fingerprint density at radius 3 is 2.84 bits per heavy atom. The monoisotopic (exact) mass is 506 g/mol. The number of amides is 1. The van der Waals surface area contributed by atoms with E-state index in [9.17, 15) is 4.79 Å². The molecule has 0 unspecified atom stereocenters. The standard InChI is InChI=1S/C30H38N2O5/c1-30(2)35-22-26-19-25(13-14-27(26)37-30)28-21-32(29(33)36-28)15-6-3-4-7-16-34-17-8-5-10-23-11-9-12-24(18-23)20-31/h9,11-14,18-19,28H,3-4,6-8,15-17,20-22,31H2,1-2H3/t28-/m0/s1. The fourth-order valence-corrected chi connectivity index (χ4v) is 4.45. The molecule has 0 aliphatic carbocycles. The van der Waals surface area contributed by atoms with Crippen molar-refractivity contribution in [1.82, 2.24) is 4.90 Å². The molecule has 2 N–H and O–H groups in total. The maximum Gasteiger partial charge on any atom is 0.410 e. The lowest BCUT2D eigenvalue weighted by atomic mass is 10.0. The smallest absolute Gasteiger partial charge is 0.410 e. The molecular weight excluding hydrogens is 468 g/mol. The summed E-state index contributed by atoms with van der Waals surface area (Å²) < 4.78 is 22.9. The molecule has 0 bridgehead atoms. The van der Waals surface area contributed by atoms with Gasteiger partial charge in [-0.1, -0.05) is 42.9 Å². The Morgan fingerprint density at radius 1 is 1.11 bits per heavy atom. The molecule has 0 saturated carbocycles. The van der Waals surface area contributed by atoms with E-state index >= 15 is 0 Å². The molecule has 2 aromatic rings. The van der Waals surface area contributed by atoms with Crippen molar-refractivity contribution in [3.63, 3.8) is 0 Å². The van der Waals surface area contributed by atoms with Gasteiger partial charge in [0.1, 0.15) is 11.9 Å². The highest BCUT2D eigenvalue weighted by atomic mass is 16.7. The Balaban J connectivity index is 1.07. The zero-order valence-electron chi connectivity index (χ0n) is 22.0. The third kappa shape index (κ3) is 7.96. The number of carbonyl (C=O) groups excluding carboxylic acids is 1. The molecule has 1 saturated heterocycles. The molecular formula is C30H38N2O5. The zero-order chi connectivity index (χ0) is 26.1. The zero-order valence-corrected chi connectivity index (χ0v) is 22.0. The van der Waals surface area contributed by atoms with E-state index in [1.165, 1.54) is 0 Å². The molecule has 2 aliphatic rings. The first-order valence-corrected chi connectivity index (χ1v) is 13.2. The maximum atomic E-state index is 12.4. The second-order valence-corrected chi connectivity index (χ2v) is 9.96. The molecule has 7 heteroatoms. The molecule has 1 atom stereocenters. The van der Waals surface area contributed by atoms with Crippen LogP contribution in [-0.4, -0.2) is 43.1 Å². The van der Waals surface area contributed by atoms with E-state index in [1.807, 2.05) is 56.3 Å². The number of hydrogen-bond donors (Lipinski definition) is 1. The van der Waals surface area contributed by atoms with Gasteiger partial charge in [-0.25, -0.2) is 4.79 Å². The van der Waals surface area contributed by atoms with Gasteiger partial charge in [0, 0.05) is 51.1 Å². The molecule has 1 fully saturated rings. The number of nitrogens with zero attached hydrogens (tertiary/aromatic N) is 1. The number of fused-ring (bicyclic) bond motifs is 1. The predicted octanol–water partition coefficient (Wildman–Crippen LogP) is 5.30. The lowest BCUT2D eigenvalue weighted by Gasteiger charge is -2.32. The van der Waals surface area contributed by atoms with Crippen molar-refractivity contribution in [2.45, 2.75) is 71.0 Å². The largest absolute Gasteiger partial charge is 0.463 e. The molecule has 2 heterocycles. The van der Waals surface area contributed by atoms with Gasteiger partial charge in [0.15, 0.2) is 0 Å². The van der Waals surface area contributed by atoms with Crippen molar-refractivity contribution in [3.05, 3.63) is 64.7 Å². The second kappa shape index (κ2) is 13.0. The summed E-state index contributed by atoms with van der Waals surface area (Å²) in [5.74, 6) is 6.52. The topological polar surface area (TPSA) is 83.2 Å². The molecule has 37 heavy (non-hydrogen) atoms. The van der Waals surface area contributed by atoms with Gasteiger partial charge in [-0.05, 0) is 48.2 Å². The normalized spacial score (nSPS) is 18.0. The van der Waals surface area contributed by atoms with Crippen LogP contribution in [0.2, 0.25) is 0 Å². The molecule has 7 nitrogen and oxygen atoms in total. The van der Waals surface area contributed by atoms with Crippen LogP contribution in [0.25, 0.3) is 0 Å². The number of ether oxygens (including phenoxy) is 4. The third-order valence-electron chi connectivity index (χ3n) is 6.51. The van der Waals surface area contributed by atoms with Crippen LogP contribution in [0.3, 0.4) is 0 Å². The van der Waals surface area contributed by atoms with Crippen LogP contribution in [-0.2, 0) is 27.4 Å². The fourth-order valence-electron chi connectivity index (χ4n) is 4.45. The molecule has 0 aromatic heterocycles. The van der Waals surface area contributed by atoms with Crippen molar-refractivity contribution in [2.24, 2.45) is 5.73 Å². The first-order chi connectivity index (χ1) is 17.9. The van der Waals surface area contributed by atoms with Crippen molar-refractivity contribution in [1.29, 1.82) is 0 Å². The highest BCUT2D eigenvalue weighted by Crippen LogP contribution is 2.35. The molecule has 4 rings (SSSR count). The van der Waals surface area contributed by atoms with Crippen LogP contribution in [0.1, 0.15) is 74.3 Å². The van der Waals surface area contributed by atoms with Gasteiger partial charge in [-0.2, -0.15) is 0 Å². The molecule has 1 amide bonds. The third-order valence-corrected chi connectivity index (χ3v) is 6.51. The Morgan fingerprint density at radius 2 is 1.97 bits per heavy atom. The lowest BCUT2D eigenvalue weighted by molar-refractivity contribution is -0.180. The minimum absolute atomic E-state index is 0.240. The summed E-state index contributed by atoms with van der Waals surface area (Å²) >= 11 is 0. The van der Waals surface area contributed by atoms with Crippen molar-refractivity contribution < 1.29 is 23.7 Å². The van der Waals surface area contributed by atoms with Gasteiger partial charge in [-0.15, -0.1) is 0 Å². The van der Waals surface area contributed by atoms with Gasteiger partial charge in [-0.3, -0.25) is 0 Å². The van der Waals surface area contributed by atoms with Crippen LogP contribution >= 0.6 is 0 Å². The van der Waals surface area contributed by atoms with Gasteiger partial charge in [0.2, 0.25) is 5.79 Å². The maximum absolute atomic E-state index is 12.4. The van der Waals surface area contributed by atoms with Gasteiger partial charge in [0.25, 0.3) is 0 Å². The van der Waals surface area contributed by atoms with Crippen LogP contribution in [0.4, 0.5) is 4.79 Å². The summed E-state index contributed by atoms with van der Waals surface area (Å²) in [6, 6.07) is 14.0. The van der Waals surface area contributed by atoms with Crippen molar-refractivity contribution >= 4 is 6.09 Å². The number of unbranched alkanes of at least 4 members (excludes halogenated alkanes) is 3. The number of rotatable bonds is 11. The van der Waals surface area contributed by atoms with Crippen molar-refractivity contribution in [2.75, 3.05) is 26.3 Å². The number of hydrogen-bond acceptors (Lipinski definition) is 6. The minimum atomic E-state index is -0.621. The van der Waals surface area contributed by atoms with E-state index in [0.717, 1.165) is 60.3 Å². The van der Waals surface area contributed by atoms with Gasteiger partial charge >= 0.3 is 6.09 Å². The van der Waals surface area contributed by atoms with Crippen molar-refractivity contribution in [3.8, 4) is 17.6 Å². The van der Waals surface area contributed by atoms with Crippen LogP contribution in [0, 0.1) is 11.8 Å². The molecule has 198 valence electrons. The summed E-state index contributed by atoms with van der Waals surface area (Å²) in [4.78, 5) is 14.2. The van der Waals surface area contributed by atoms with E-state index in [4.69, 9.17) is 24.7 Å². The summed E-state index contributed by atoms with van der Waals surface area (Å²) in [5, 5.41) is 0. The quantitative estimate of drug-likeness (QED) is 0.329. The fraction of sp³-hybridized carbons (Fsp3) is 0.500. The first-order valence-electron chi connectivity index (χ1n) is 13.2. The first kappa shape index (κ1) is 27.0. The summed E-state index contributed by atoms with van der Waals surface area (Å²) in [6.45, 7) is 7.48. The Bertz CT molecular complexity index is 1120. The van der Waals surface area contributed by atoms with Crippen LogP contribution < -0.4 is 10.5 Å². The molecule has 0 spiro atoms. The SMILES string of the molecule is CC1(C)OCc2cc([C@@H]3CN(CCCCCCOCCC#Cc4cccc(CN)c4)C(=O)O3)ccc2O1. The average molecular weight is 507 g/mol. The summed E-state index contributed by atoms with van der Waals surface area (Å²) in [5.41, 5.74) is 9.71. The van der Waals surface area contributed by atoms with E-state index in [2.05, 4.69) is 11.8 Å². The highest BCUT2D eigenvalue weighted by Gasteiger charge is 2.33. The number of benzene rings is 2. The van der Waals surface area contributed by atoms with Gasteiger partial charge < -0.3 is 29.6 Å². The Hall–Kier alpha value is -3.05. The van der Waals surface area contributed by atoms with E-state index in [0.29, 0.717) is 39.3 Å². The summed E-state index contributed by atoms with van der Waals surface area (Å²) in [7, 11) is 0. The molecule has 2 aromatic carbocycles. The van der Waals surface area contributed by atoms with E-state index < -0.39 is 5.79 Å². The Labute approximate surface area is 220 Å². The Kier molecular flexibility index (Phi) is 9.45. The number of cyclic esters (lactones) is 1. The second-order valence-electron chi connectivity index (χ2n) is 9.96. The molecule has 2 aliphatic heterocycles. The predicted molar refractivity (Wildman–Crippen MR) is 142 cm³/mol. The molecule has 0 radical (unpaired) electrons.